The van der Waals surface area contributed by atoms with Crippen molar-refractivity contribution in [3.8, 4) is 0 Å². The Balaban J connectivity index is 1.79. The zero-order chi connectivity index (χ0) is 22.7. The number of carbonyl (C=O) groups is 4. The molecule has 1 aliphatic rings. The molecule has 2 aromatic rings. The second-order valence-corrected chi connectivity index (χ2v) is 8.51. The average Bonchev–Trinajstić information content (AvgIpc) is 3.21. The molecule has 1 aromatic carbocycles. The molecule has 1 aliphatic heterocycles. The van der Waals surface area contributed by atoms with Crippen molar-refractivity contribution in [2.24, 2.45) is 0 Å². The molecule has 0 saturated carbocycles. The third-order valence-electron chi connectivity index (χ3n) is 5.09. The molecule has 0 fully saturated rings. The largest absolute Gasteiger partial charge is 0.344 e. The SMILES string of the molecule is CC(C)N1C(=O)c2ccccc2C(NC(=O)[C@H](C)NC(=O)Cc2ccsc2)C(=O)N1C. The molecular weight excluding hydrogens is 416 g/mol. The van der Waals surface area contributed by atoms with Gasteiger partial charge in [-0.25, -0.2) is 5.01 Å². The number of hydrogen-bond acceptors (Lipinski definition) is 5. The summed E-state index contributed by atoms with van der Waals surface area (Å²) in [6.45, 7) is 5.19. The first-order chi connectivity index (χ1) is 14.7. The van der Waals surface area contributed by atoms with E-state index in [2.05, 4.69) is 10.6 Å². The van der Waals surface area contributed by atoms with E-state index in [-0.39, 0.29) is 24.3 Å². The monoisotopic (exact) mass is 442 g/mol. The van der Waals surface area contributed by atoms with Crippen molar-refractivity contribution in [2.75, 3.05) is 7.05 Å². The van der Waals surface area contributed by atoms with Gasteiger partial charge in [-0.1, -0.05) is 18.2 Å². The molecule has 3 rings (SSSR count). The number of nitrogens with zero attached hydrogens (tertiary/aromatic N) is 2. The van der Waals surface area contributed by atoms with E-state index in [4.69, 9.17) is 0 Å². The van der Waals surface area contributed by atoms with Gasteiger partial charge in [-0.3, -0.25) is 24.2 Å². The Morgan fingerprint density at radius 2 is 1.84 bits per heavy atom. The summed E-state index contributed by atoms with van der Waals surface area (Å²) in [5.74, 6) is -1.54. The fraction of sp³-hybridized carbons (Fsp3) is 0.364. The quantitative estimate of drug-likeness (QED) is 0.714. The number of fused-ring (bicyclic) bond motifs is 1. The van der Waals surface area contributed by atoms with Crippen LogP contribution in [0.15, 0.2) is 41.1 Å². The molecule has 0 saturated heterocycles. The van der Waals surface area contributed by atoms with Crippen molar-refractivity contribution < 1.29 is 19.2 Å². The lowest BCUT2D eigenvalue weighted by molar-refractivity contribution is -0.147. The van der Waals surface area contributed by atoms with Crippen LogP contribution in [-0.2, 0) is 20.8 Å². The van der Waals surface area contributed by atoms with Crippen molar-refractivity contribution >= 4 is 35.0 Å². The van der Waals surface area contributed by atoms with Gasteiger partial charge in [-0.15, -0.1) is 0 Å². The summed E-state index contributed by atoms with van der Waals surface area (Å²) in [4.78, 5) is 51.3. The first-order valence-corrected chi connectivity index (χ1v) is 11.0. The molecule has 164 valence electrons. The van der Waals surface area contributed by atoms with Crippen molar-refractivity contribution in [3.05, 3.63) is 57.8 Å². The summed E-state index contributed by atoms with van der Waals surface area (Å²) < 4.78 is 0. The first kappa shape index (κ1) is 22.5. The first-order valence-electron chi connectivity index (χ1n) is 10.0. The van der Waals surface area contributed by atoms with Crippen LogP contribution in [0.25, 0.3) is 0 Å². The van der Waals surface area contributed by atoms with E-state index in [9.17, 15) is 19.2 Å². The lowest BCUT2D eigenvalue weighted by Gasteiger charge is -2.34. The number of amides is 4. The maximum absolute atomic E-state index is 13.2. The van der Waals surface area contributed by atoms with Crippen LogP contribution >= 0.6 is 11.3 Å². The smallest absolute Gasteiger partial charge is 0.273 e. The van der Waals surface area contributed by atoms with Gasteiger partial charge < -0.3 is 10.6 Å². The molecule has 2 N–H and O–H groups in total. The minimum absolute atomic E-state index is 0.174. The fourth-order valence-corrected chi connectivity index (χ4v) is 4.22. The number of rotatable bonds is 6. The number of hydrazine groups is 1. The third kappa shape index (κ3) is 4.77. The van der Waals surface area contributed by atoms with Crippen molar-refractivity contribution in [1.82, 2.24) is 20.7 Å². The minimum atomic E-state index is -1.04. The highest BCUT2D eigenvalue weighted by molar-refractivity contribution is 7.08. The predicted octanol–water partition coefficient (Wildman–Crippen LogP) is 1.89. The van der Waals surface area contributed by atoms with Gasteiger partial charge in [-0.05, 0) is 54.8 Å². The van der Waals surface area contributed by atoms with E-state index < -0.39 is 23.9 Å². The number of nitrogens with one attached hydrogen (secondary N) is 2. The van der Waals surface area contributed by atoms with Crippen LogP contribution in [0.1, 0.15) is 48.3 Å². The van der Waals surface area contributed by atoms with Gasteiger partial charge >= 0.3 is 0 Å². The summed E-state index contributed by atoms with van der Waals surface area (Å²) in [6.07, 6.45) is 0.174. The van der Waals surface area contributed by atoms with Gasteiger partial charge in [0.05, 0.1) is 6.42 Å². The van der Waals surface area contributed by atoms with Crippen LogP contribution in [0.3, 0.4) is 0 Å². The Morgan fingerprint density at radius 1 is 1.13 bits per heavy atom. The van der Waals surface area contributed by atoms with Crippen LogP contribution in [0.4, 0.5) is 0 Å². The molecule has 4 amide bonds. The summed E-state index contributed by atoms with van der Waals surface area (Å²) in [7, 11) is 1.51. The third-order valence-corrected chi connectivity index (χ3v) is 5.82. The maximum Gasteiger partial charge on any atom is 0.273 e. The molecule has 0 aliphatic carbocycles. The second-order valence-electron chi connectivity index (χ2n) is 7.73. The normalized spacial score (nSPS) is 17.3. The molecule has 9 heteroatoms. The van der Waals surface area contributed by atoms with Gasteiger partial charge in [0.25, 0.3) is 11.8 Å². The van der Waals surface area contributed by atoms with Crippen LogP contribution in [0, 0.1) is 0 Å². The van der Waals surface area contributed by atoms with E-state index in [0.717, 1.165) is 5.56 Å². The van der Waals surface area contributed by atoms with Crippen molar-refractivity contribution in [3.63, 3.8) is 0 Å². The molecule has 2 atom stereocenters. The van der Waals surface area contributed by atoms with E-state index >= 15 is 0 Å². The molecule has 1 unspecified atom stereocenters. The van der Waals surface area contributed by atoms with Gasteiger partial charge in [0, 0.05) is 18.7 Å². The highest BCUT2D eigenvalue weighted by Gasteiger charge is 2.39. The Morgan fingerprint density at radius 3 is 2.48 bits per heavy atom. The molecule has 2 heterocycles. The Kier molecular flexibility index (Phi) is 6.74. The topological polar surface area (TPSA) is 98.8 Å². The lowest BCUT2D eigenvalue weighted by Crippen LogP contribution is -2.53. The van der Waals surface area contributed by atoms with Crippen LogP contribution in [0.2, 0.25) is 0 Å². The van der Waals surface area contributed by atoms with E-state index in [1.54, 1.807) is 31.2 Å². The van der Waals surface area contributed by atoms with Gasteiger partial charge in [0.15, 0.2) is 0 Å². The predicted molar refractivity (Wildman–Crippen MR) is 117 cm³/mol. The summed E-state index contributed by atoms with van der Waals surface area (Å²) in [6, 6.07) is 6.45. The lowest BCUT2D eigenvalue weighted by atomic mass is 9.99. The number of likely N-dealkylation sites (N-methyl/N-ethyl adjacent to an activating group) is 1. The summed E-state index contributed by atoms with van der Waals surface area (Å²) in [5.41, 5.74) is 1.66. The van der Waals surface area contributed by atoms with Crippen LogP contribution in [-0.4, -0.2) is 52.8 Å². The Bertz CT molecular complexity index is 989. The standard InChI is InChI=1S/C22H26N4O4S/c1-13(2)26-21(29)17-8-6-5-7-16(17)19(22(30)25(26)4)24-20(28)14(3)23-18(27)11-15-9-10-31-12-15/h5-10,12-14,19H,11H2,1-4H3,(H,23,27)(H,24,28)/t14-,19?/m0/s1. The zero-order valence-corrected chi connectivity index (χ0v) is 18.7. The highest BCUT2D eigenvalue weighted by Crippen LogP contribution is 2.27. The molecule has 1 aromatic heterocycles. The molecule has 0 spiro atoms. The van der Waals surface area contributed by atoms with Crippen molar-refractivity contribution in [2.45, 2.75) is 45.3 Å². The molecule has 0 radical (unpaired) electrons. The fourth-order valence-electron chi connectivity index (χ4n) is 3.55. The Hall–Kier alpha value is -3.20. The summed E-state index contributed by atoms with van der Waals surface area (Å²) >= 11 is 1.50. The minimum Gasteiger partial charge on any atom is -0.344 e. The molecule has 8 nitrogen and oxygen atoms in total. The number of benzene rings is 1. The molecule has 31 heavy (non-hydrogen) atoms. The van der Waals surface area contributed by atoms with E-state index in [1.807, 2.05) is 30.7 Å². The summed E-state index contributed by atoms with van der Waals surface area (Å²) in [5, 5.41) is 11.8. The molecule has 0 bridgehead atoms. The van der Waals surface area contributed by atoms with Gasteiger partial charge in [0.1, 0.15) is 12.1 Å². The van der Waals surface area contributed by atoms with E-state index in [1.165, 1.54) is 28.4 Å². The Labute approximate surface area is 185 Å². The average molecular weight is 443 g/mol. The maximum atomic E-state index is 13.2. The van der Waals surface area contributed by atoms with Crippen LogP contribution in [0.5, 0.6) is 0 Å². The van der Waals surface area contributed by atoms with Crippen LogP contribution < -0.4 is 10.6 Å². The highest BCUT2D eigenvalue weighted by atomic mass is 32.1. The van der Waals surface area contributed by atoms with Gasteiger partial charge in [0.2, 0.25) is 11.8 Å². The van der Waals surface area contributed by atoms with Crippen molar-refractivity contribution in [1.29, 1.82) is 0 Å². The number of thiophene rings is 1. The number of carbonyl (C=O) groups excluding carboxylic acids is 4. The number of hydrogen-bond donors (Lipinski definition) is 2. The van der Waals surface area contributed by atoms with Gasteiger partial charge in [-0.2, -0.15) is 11.3 Å². The molecular formula is C22H26N4O4S. The second kappa shape index (κ2) is 9.30. The van der Waals surface area contributed by atoms with E-state index in [0.29, 0.717) is 11.1 Å². The zero-order valence-electron chi connectivity index (χ0n) is 17.9.